The topological polar surface area (TPSA) is 84.9 Å². The normalized spacial score (nSPS) is 11.1. The summed E-state index contributed by atoms with van der Waals surface area (Å²) in [5.41, 5.74) is 0.358. The number of nitrogens with zero attached hydrogens (tertiary/aromatic N) is 1. The number of sulfonamides is 1. The highest BCUT2D eigenvalue weighted by atomic mass is 32.2. The van der Waals surface area contributed by atoms with Crippen molar-refractivity contribution in [3.05, 3.63) is 97.1 Å². The zero-order valence-electron chi connectivity index (χ0n) is 19.3. The number of ether oxygens (including phenoxy) is 2. The third-order valence-electron chi connectivity index (χ3n) is 5.41. The molecule has 4 rings (SSSR count). The van der Waals surface area contributed by atoms with Crippen molar-refractivity contribution in [2.45, 2.75) is 4.90 Å². The quantitative estimate of drug-likeness (QED) is 0.336. The van der Waals surface area contributed by atoms with E-state index in [-0.39, 0.29) is 24.6 Å². The first-order valence-electron chi connectivity index (χ1n) is 11.1. The summed E-state index contributed by atoms with van der Waals surface area (Å²) in [7, 11) is -2.44. The molecule has 7 nitrogen and oxygen atoms in total. The van der Waals surface area contributed by atoms with Crippen molar-refractivity contribution < 1.29 is 22.7 Å². The fourth-order valence-electron chi connectivity index (χ4n) is 3.64. The van der Waals surface area contributed by atoms with Gasteiger partial charge in [0.1, 0.15) is 24.7 Å². The predicted octanol–water partition coefficient (Wildman–Crippen LogP) is 4.24. The van der Waals surface area contributed by atoms with Gasteiger partial charge in [-0.25, -0.2) is 8.42 Å². The zero-order valence-corrected chi connectivity index (χ0v) is 20.1. The lowest BCUT2D eigenvalue weighted by Crippen LogP contribution is -2.41. The van der Waals surface area contributed by atoms with E-state index in [9.17, 15) is 13.2 Å². The number of fused-ring (bicyclic) bond motifs is 1. The van der Waals surface area contributed by atoms with E-state index in [1.807, 2.05) is 42.5 Å². The molecule has 0 bridgehead atoms. The summed E-state index contributed by atoms with van der Waals surface area (Å²) in [6.45, 7) is 0.0927. The molecule has 0 spiro atoms. The summed E-state index contributed by atoms with van der Waals surface area (Å²) in [5, 5.41) is 4.80. The van der Waals surface area contributed by atoms with Gasteiger partial charge in [-0.05, 0) is 47.9 Å². The van der Waals surface area contributed by atoms with Crippen LogP contribution in [0.1, 0.15) is 0 Å². The summed E-state index contributed by atoms with van der Waals surface area (Å²) in [6, 6.07) is 28.2. The molecule has 0 fully saturated rings. The van der Waals surface area contributed by atoms with E-state index in [0.717, 1.165) is 20.8 Å². The molecule has 4 aromatic carbocycles. The molecule has 0 aliphatic rings. The van der Waals surface area contributed by atoms with Crippen molar-refractivity contribution in [2.75, 3.05) is 31.1 Å². The molecule has 4 aromatic rings. The molecule has 0 atom stereocenters. The summed E-state index contributed by atoms with van der Waals surface area (Å²) in [5.74, 6) is 0.867. The number of nitrogens with one attached hydrogen (secondary N) is 1. The molecule has 0 saturated carbocycles. The van der Waals surface area contributed by atoms with Crippen LogP contribution in [0.15, 0.2) is 102 Å². The van der Waals surface area contributed by atoms with Crippen LogP contribution in [0.25, 0.3) is 10.8 Å². The van der Waals surface area contributed by atoms with Crippen LogP contribution in [-0.4, -0.2) is 41.1 Å². The number of hydrogen-bond donors (Lipinski definition) is 1. The maximum atomic E-state index is 13.4. The van der Waals surface area contributed by atoms with E-state index in [1.165, 1.54) is 19.2 Å². The second-order valence-electron chi connectivity index (χ2n) is 7.70. The van der Waals surface area contributed by atoms with Crippen LogP contribution in [0.2, 0.25) is 0 Å². The molecule has 1 N–H and O–H groups in total. The average Bonchev–Trinajstić information content (AvgIpc) is 2.90. The fourth-order valence-corrected chi connectivity index (χ4v) is 5.08. The van der Waals surface area contributed by atoms with Gasteiger partial charge in [0.2, 0.25) is 5.91 Å². The van der Waals surface area contributed by atoms with Gasteiger partial charge in [0.05, 0.1) is 24.2 Å². The van der Waals surface area contributed by atoms with E-state index in [1.54, 1.807) is 42.5 Å². The summed E-state index contributed by atoms with van der Waals surface area (Å²) in [4.78, 5) is 12.9. The maximum Gasteiger partial charge on any atom is 0.264 e. The second kappa shape index (κ2) is 10.9. The zero-order chi connectivity index (χ0) is 24.7. The van der Waals surface area contributed by atoms with Crippen molar-refractivity contribution in [1.82, 2.24) is 5.32 Å². The summed E-state index contributed by atoms with van der Waals surface area (Å²) < 4.78 is 38.8. The Hall–Kier alpha value is -4.04. The van der Waals surface area contributed by atoms with E-state index in [4.69, 9.17) is 9.47 Å². The minimum absolute atomic E-state index is 0.0999. The number of carbonyl (C=O) groups is 1. The highest BCUT2D eigenvalue weighted by Crippen LogP contribution is 2.26. The van der Waals surface area contributed by atoms with E-state index in [0.29, 0.717) is 11.4 Å². The highest BCUT2D eigenvalue weighted by molar-refractivity contribution is 7.92. The molecule has 8 heteroatoms. The van der Waals surface area contributed by atoms with Crippen LogP contribution >= 0.6 is 0 Å². The Kier molecular flexibility index (Phi) is 7.52. The predicted molar refractivity (Wildman–Crippen MR) is 136 cm³/mol. The highest BCUT2D eigenvalue weighted by Gasteiger charge is 2.27. The standard InChI is InChI=1S/C27H26N2O5S/c1-33-23-16-14-22(15-17-23)29(35(31,32)24-10-3-2-4-11-24)20-27(30)28-18-19-34-26-13-7-9-21-8-5-6-12-25(21)26/h2-17H,18-20H2,1H3,(H,28,30). The van der Waals surface area contributed by atoms with Crippen LogP contribution in [0.4, 0.5) is 5.69 Å². The minimum atomic E-state index is -3.97. The molecule has 35 heavy (non-hydrogen) atoms. The summed E-state index contributed by atoms with van der Waals surface area (Å²) >= 11 is 0. The number of hydrogen-bond acceptors (Lipinski definition) is 5. The first-order valence-corrected chi connectivity index (χ1v) is 12.5. The largest absolute Gasteiger partial charge is 0.497 e. The van der Waals surface area contributed by atoms with Crippen molar-refractivity contribution in [3.63, 3.8) is 0 Å². The number of rotatable bonds is 10. The number of benzene rings is 4. The second-order valence-corrected chi connectivity index (χ2v) is 9.56. The van der Waals surface area contributed by atoms with Crippen LogP contribution in [0, 0.1) is 0 Å². The molecule has 1 amide bonds. The molecule has 0 unspecified atom stereocenters. The van der Waals surface area contributed by atoms with Crippen LogP contribution in [-0.2, 0) is 14.8 Å². The third-order valence-corrected chi connectivity index (χ3v) is 7.20. The molecular formula is C27H26N2O5S. The molecule has 180 valence electrons. The molecule has 0 heterocycles. The number of anilines is 1. The Morgan fingerprint density at radius 3 is 2.29 bits per heavy atom. The lowest BCUT2D eigenvalue weighted by molar-refractivity contribution is -0.119. The Morgan fingerprint density at radius 1 is 0.857 bits per heavy atom. The monoisotopic (exact) mass is 490 g/mol. The Labute approximate surface area is 205 Å². The lowest BCUT2D eigenvalue weighted by atomic mass is 10.1. The molecule has 0 radical (unpaired) electrons. The van der Waals surface area contributed by atoms with Gasteiger partial charge in [-0.1, -0.05) is 54.6 Å². The van der Waals surface area contributed by atoms with E-state index in [2.05, 4.69) is 5.32 Å². The fraction of sp³-hybridized carbons (Fsp3) is 0.148. The van der Waals surface area contributed by atoms with Crippen molar-refractivity contribution in [2.24, 2.45) is 0 Å². The average molecular weight is 491 g/mol. The molecule has 0 aromatic heterocycles. The van der Waals surface area contributed by atoms with Crippen molar-refractivity contribution in [3.8, 4) is 11.5 Å². The first-order chi connectivity index (χ1) is 17.0. The molecule has 0 aliphatic carbocycles. The van der Waals surface area contributed by atoms with Gasteiger partial charge in [-0.15, -0.1) is 0 Å². The lowest BCUT2D eigenvalue weighted by Gasteiger charge is -2.24. The van der Waals surface area contributed by atoms with Gasteiger partial charge in [0.15, 0.2) is 0 Å². The number of methoxy groups -OCH3 is 1. The SMILES string of the molecule is COc1ccc(N(CC(=O)NCCOc2cccc3ccccc23)S(=O)(=O)c2ccccc2)cc1. The number of amides is 1. The van der Waals surface area contributed by atoms with Gasteiger partial charge in [0, 0.05) is 5.39 Å². The van der Waals surface area contributed by atoms with E-state index < -0.39 is 15.9 Å². The Bertz CT molecular complexity index is 1390. The van der Waals surface area contributed by atoms with Crippen LogP contribution < -0.4 is 19.1 Å². The minimum Gasteiger partial charge on any atom is -0.497 e. The van der Waals surface area contributed by atoms with Crippen LogP contribution in [0.5, 0.6) is 11.5 Å². The van der Waals surface area contributed by atoms with Crippen LogP contribution in [0.3, 0.4) is 0 Å². The summed E-state index contributed by atoms with van der Waals surface area (Å²) in [6.07, 6.45) is 0. The van der Waals surface area contributed by atoms with Gasteiger partial charge >= 0.3 is 0 Å². The van der Waals surface area contributed by atoms with Gasteiger partial charge in [0.25, 0.3) is 10.0 Å². The van der Waals surface area contributed by atoms with Gasteiger partial charge in [-0.3, -0.25) is 9.10 Å². The Balaban J connectivity index is 1.44. The maximum absolute atomic E-state index is 13.4. The van der Waals surface area contributed by atoms with E-state index >= 15 is 0 Å². The van der Waals surface area contributed by atoms with Gasteiger partial charge in [-0.2, -0.15) is 0 Å². The first kappa shape index (κ1) is 24.1. The van der Waals surface area contributed by atoms with Crippen molar-refractivity contribution in [1.29, 1.82) is 0 Å². The number of carbonyl (C=O) groups excluding carboxylic acids is 1. The van der Waals surface area contributed by atoms with Gasteiger partial charge < -0.3 is 14.8 Å². The smallest absolute Gasteiger partial charge is 0.264 e. The van der Waals surface area contributed by atoms with Crippen molar-refractivity contribution >= 4 is 32.4 Å². The third kappa shape index (κ3) is 5.73. The molecule has 0 saturated heterocycles. The molecular weight excluding hydrogens is 464 g/mol. The molecule has 0 aliphatic heterocycles. The Morgan fingerprint density at radius 2 is 1.54 bits per heavy atom.